The summed E-state index contributed by atoms with van der Waals surface area (Å²) in [6.45, 7) is 0.725. The van der Waals surface area contributed by atoms with Crippen molar-refractivity contribution >= 4 is 23.4 Å². The highest BCUT2D eigenvalue weighted by Crippen LogP contribution is 2.31. The van der Waals surface area contributed by atoms with Gasteiger partial charge in [-0.3, -0.25) is 4.79 Å². The molecule has 4 rings (SSSR count). The predicted molar refractivity (Wildman–Crippen MR) is 104 cm³/mol. The first-order valence-electron chi connectivity index (χ1n) is 8.70. The zero-order valence-corrected chi connectivity index (χ0v) is 15.7. The predicted octanol–water partition coefficient (Wildman–Crippen LogP) is 2.74. The van der Waals surface area contributed by atoms with Crippen molar-refractivity contribution in [1.29, 1.82) is 0 Å². The highest BCUT2D eigenvalue weighted by atomic mass is 32.2. The lowest BCUT2D eigenvalue weighted by Crippen LogP contribution is -2.36. The topological polar surface area (TPSA) is 73.1 Å². The normalized spacial score (nSPS) is 13.3. The van der Waals surface area contributed by atoms with Crippen LogP contribution < -0.4 is 9.64 Å². The average molecular weight is 381 g/mol. The molecule has 3 aromatic rings. The van der Waals surface area contributed by atoms with Crippen LogP contribution in [0.4, 0.5) is 5.69 Å². The molecule has 0 saturated carbocycles. The second-order valence-corrected chi connectivity index (χ2v) is 7.08. The summed E-state index contributed by atoms with van der Waals surface area (Å²) in [5, 5.41) is 12.4. The molecule has 0 N–H and O–H groups in total. The number of carbonyl (C=O) groups excluding carboxylic acids is 1. The number of hydrogen-bond donors (Lipinski definition) is 0. The first kappa shape index (κ1) is 17.5. The second kappa shape index (κ2) is 7.79. The lowest BCUT2D eigenvalue weighted by Gasteiger charge is -2.29. The van der Waals surface area contributed by atoms with E-state index in [1.54, 1.807) is 11.8 Å². The molecule has 2 aromatic carbocycles. The van der Waals surface area contributed by atoms with Gasteiger partial charge < -0.3 is 9.64 Å². The fraction of sp³-hybridized carbons (Fsp3) is 0.263. The maximum absolute atomic E-state index is 12.9. The fourth-order valence-electron chi connectivity index (χ4n) is 3.16. The molecule has 8 heteroatoms. The Morgan fingerprint density at radius 1 is 1.22 bits per heavy atom. The summed E-state index contributed by atoms with van der Waals surface area (Å²) < 4.78 is 6.94. The molecule has 1 aliphatic rings. The molecule has 0 fully saturated rings. The van der Waals surface area contributed by atoms with Gasteiger partial charge in [-0.1, -0.05) is 30.0 Å². The van der Waals surface area contributed by atoms with E-state index in [4.69, 9.17) is 4.74 Å². The van der Waals surface area contributed by atoms with Crippen LogP contribution in [-0.2, 0) is 11.2 Å². The Balaban J connectivity index is 1.48. The summed E-state index contributed by atoms with van der Waals surface area (Å²) >= 11 is 1.34. The van der Waals surface area contributed by atoms with E-state index in [2.05, 4.69) is 15.5 Å². The summed E-state index contributed by atoms with van der Waals surface area (Å²) in [6.07, 6.45) is 1.90. The Morgan fingerprint density at radius 2 is 2.07 bits per heavy atom. The van der Waals surface area contributed by atoms with Crippen LogP contribution in [0.2, 0.25) is 0 Å². The molecule has 0 saturated heterocycles. The molecule has 0 unspecified atom stereocenters. The number of aromatic nitrogens is 4. The van der Waals surface area contributed by atoms with E-state index in [9.17, 15) is 4.79 Å². The minimum Gasteiger partial charge on any atom is -0.497 e. The van der Waals surface area contributed by atoms with Gasteiger partial charge >= 0.3 is 0 Å². The van der Waals surface area contributed by atoms with Crippen LogP contribution in [0, 0.1) is 0 Å². The smallest absolute Gasteiger partial charge is 0.237 e. The SMILES string of the molecule is COc1ccc2c(c1)CCCN2C(=O)CSc1nnnn1-c1ccccc1. The molecular weight excluding hydrogens is 362 g/mol. The number of ether oxygens (including phenoxy) is 1. The van der Waals surface area contributed by atoms with Crippen LogP contribution in [-0.4, -0.2) is 45.5 Å². The van der Waals surface area contributed by atoms with E-state index in [1.807, 2.05) is 53.4 Å². The van der Waals surface area contributed by atoms with Crippen LogP contribution in [0.1, 0.15) is 12.0 Å². The Hall–Kier alpha value is -2.87. The largest absolute Gasteiger partial charge is 0.497 e. The van der Waals surface area contributed by atoms with Gasteiger partial charge in [-0.05, 0) is 59.2 Å². The number of anilines is 1. The Bertz CT molecular complexity index is 944. The van der Waals surface area contributed by atoms with E-state index in [-0.39, 0.29) is 11.7 Å². The van der Waals surface area contributed by atoms with Gasteiger partial charge in [0.05, 0.1) is 18.6 Å². The Morgan fingerprint density at radius 3 is 2.89 bits per heavy atom. The monoisotopic (exact) mass is 381 g/mol. The Kier molecular flexibility index (Phi) is 5.06. The third-order valence-electron chi connectivity index (χ3n) is 4.47. The minimum atomic E-state index is 0.0497. The van der Waals surface area contributed by atoms with Gasteiger partial charge in [-0.15, -0.1) is 5.10 Å². The van der Waals surface area contributed by atoms with Gasteiger partial charge in [0.25, 0.3) is 0 Å². The van der Waals surface area contributed by atoms with Crippen LogP contribution in [0.3, 0.4) is 0 Å². The standard InChI is InChI=1S/C19H19N5O2S/c1-26-16-9-10-17-14(12-16)6-5-11-23(17)18(25)13-27-19-20-21-22-24(19)15-7-3-2-4-8-15/h2-4,7-10,12H,5-6,11,13H2,1H3. The van der Waals surface area contributed by atoms with E-state index >= 15 is 0 Å². The summed E-state index contributed by atoms with van der Waals surface area (Å²) in [7, 11) is 1.65. The number of para-hydroxylation sites is 1. The zero-order chi connectivity index (χ0) is 18.6. The number of benzene rings is 2. The van der Waals surface area contributed by atoms with E-state index in [1.165, 1.54) is 11.8 Å². The third kappa shape index (κ3) is 3.66. The van der Waals surface area contributed by atoms with Crippen molar-refractivity contribution in [2.75, 3.05) is 24.3 Å². The van der Waals surface area contributed by atoms with E-state index in [0.717, 1.165) is 42.1 Å². The molecule has 0 atom stereocenters. The van der Waals surface area contributed by atoms with Crippen LogP contribution in [0.5, 0.6) is 5.75 Å². The number of aryl methyl sites for hydroxylation is 1. The van der Waals surface area contributed by atoms with Crippen molar-refractivity contribution in [3.8, 4) is 11.4 Å². The number of thioether (sulfide) groups is 1. The molecule has 0 aliphatic carbocycles. The maximum atomic E-state index is 12.9. The molecule has 0 bridgehead atoms. The van der Waals surface area contributed by atoms with Gasteiger partial charge in [0.1, 0.15) is 5.75 Å². The molecule has 0 radical (unpaired) electrons. The van der Waals surface area contributed by atoms with Gasteiger partial charge in [0.2, 0.25) is 11.1 Å². The van der Waals surface area contributed by atoms with Gasteiger partial charge in [0.15, 0.2) is 0 Å². The van der Waals surface area contributed by atoms with Crippen molar-refractivity contribution in [2.45, 2.75) is 18.0 Å². The highest BCUT2D eigenvalue weighted by Gasteiger charge is 2.23. The quantitative estimate of drug-likeness (QED) is 0.633. The van der Waals surface area contributed by atoms with Gasteiger partial charge in [-0.2, -0.15) is 4.68 Å². The van der Waals surface area contributed by atoms with E-state index < -0.39 is 0 Å². The second-order valence-electron chi connectivity index (χ2n) is 6.14. The molecule has 7 nitrogen and oxygen atoms in total. The highest BCUT2D eigenvalue weighted by molar-refractivity contribution is 7.99. The van der Waals surface area contributed by atoms with Gasteiger partial charge in [0, 0.05) is 12.2 Å². The summed E-state index contributed by atoms with van der Waals surface area (Å²) in [5.74, 6) is 1.15. The first-order chi connectivity index (χ1) is 13.3. The number of nitrogens with zero attached hydrogens (tertiary/aromatic N) is 5. The van der Waals surface area contributed by atoms with Crippen molar-refractivity contribution in [3.63, 3.8) is 0 Å². The summed E-state index contributed by atoms with van der Waals surface area (Å²) in [4.78, 5) is 14.7. The third-order valence-corrected chi connectivity index (χ3v) is 5.38. The molecule has 1 amide bonds. The van der Waals surface area contributed by atoms with Gasteiger partial charge in [-0.25, -0.2) is 0 Å². The molecule has 0 spiro atoms. The number of fused-ring (bicyclic) bond motifs is 1. The minimum absolute atomic E-state index is 0.0497. The maximum Gasteiger partial charge on any atom is 0.237 e. The average Bonchev–Trinajstić information content (AvgIpc) is 3.20. The van der Waals surface area contributed by atoms with Crippen molar-refractivity contribution in [3.05, 3.63) is 54.1 Å². The number of carbonyl (C=O) groups is 1. The number of amides is 1. The fourth-order valence-corrected chi connectivity index (χ4v) is 3.93. The Labute approximate surface area is 161 Å². The number of rotatable bonds is 5. The molecule has 1 aromatic heterocycles. The molecule has 1 aliphatic heterocycles. The molecule has 2 heterocycles. The number of tetrazole rings is 1. The van der Waals surface area contributed by atoms with Crippen LogP contribution in [0.25, 0.3) is 5.69 Å². The summed E-state index contributed by atoms with van der Waals surface area (Å²) in [5.41, 5.74) is 2.98. The van der Waals surface area contributed by atoms with Crippen molar-refractivity contribution in [2.24, 2.45) is 0 Å². The first-order valence-corrected chi connectivity index (χ1v) is 9.68. The van der Waals surface area contributed by atoms with Crippen LogP contribution in [0.15, 0.2) is 53.7 Å². The summed E-state index contributed by atoms with van der Waals surface area (Å²) in [6, 6.07) is 15.5. The van der Waals surface area contributed by atoms with Crippen molar-refractivity contribution < 1.29 is 9.53 Å². The van der Waals surface area contributed by atoms with Crippen molar-refractivity contribution in [1.82, 2.24) is 20.2 Å². The molecule has 27 heavy (non-hydrogen) atoms. The van der Waals surface area contributed by atoms with E-state index in [0.29, 0.717) is 5.16 Å². The zero-order valence-electron chi connectivity index (χ0n) is 14.9. The van der Waals surface area contributed by atoms with Crippen LogP contribution >= 0.6 is 11.8 Å². The lowest BCUT2D eigenvalue weighted by molar-refractivity contribution is -0.116. The number of hydrogen-bond acceptors (Lipinski definition) is 6. The number of methoxy groups -OCH3 is 1. The lowest BCUT2D eigenvalue weighted by atomic mass is 10.0. The molecular formula is C19H19N5O2S. The molecule has 138 valence electrons.